The lowest BCUT2D eigenvalue weighted by atomic mass is 10.5. The van der Waals surface area contributed by atoms with Crippen LogP contribution in [0.1, 0.15) is 27.7 Å². The zero-order chi connectivity index (χ0) is 15.0. The summed E-state index contributed by atoms with van der Waals surface area (Å²) in [5.41, 5.74) is 0. The molecule has 0 saturated carbocycles. The van der Waals surface area contributed by atoms with Gasteiger partial charge in [0.25, 0.3) is 0 Å². The molecule has 2 N–H and O–H groups in total. The minimum atomic E-state index is -0.360. The number of nitrogens with zero attached hydrogens (tertiary/aromatic N) is 3. The van der Waals surface area contributed by atoms with Gasteiger partial charge in [-0.25, -0.2) is 0 Å². The molecule has 0 amide bonds. The highest BCUT2D eigenvalue weighted by Gasteiger charge is 2.18. The predicted molar refractivity (Wildman–Crippen MR) is 80.1 cm³/mol. The van der Waals surface area contributed by atoms with Crippen molar-refractivity contribution in [1.82, 2.24) is 15.0 Å². The average molecular weight is 299 g/mol. The number of rotatable bonds is 8. The molecule has 1 unspecified atom stereocenters. The molecular weight excluding hydrogens is 278 g/mol. The second-order valence-electron chi connectivity index (χ2n) is 3.84. The van der Waals surface area contributed by atoms with Crippen LogP contribution in [0.3, 0.4) is 0 Å². The number of nitrogens with one attached hydrogen (secondary N) is 2. The van der Waals surface area contributed by atoms with Crippen molar-refractivity contribution in [2.24, 2.45) is 0 Å². The van der Waals surface area contributed by atoms with Crippen LogP contribution in [0, 0.1) is 0 Å². The largest absolute Gasteiger partial charge is 0.465 e. The van der Waals surface area contributed by atoms with Crippen molar-refractivity contribution in [1.29, 1.82) is 0 Å². The number of thioether (sulfide) groups is 1. The van der Waals surface area contributed by atoms with Crippen molar-refractivity contribution in [3.8, 4) is 0 Å². The molecule has 1 rings (SSSR count). The number of carbonyl (C=O) groups is 1. The van der Waals surface area contributed by atoms with Gasteiger partial charge < -0.3 is 15.4 Å². The van der Waals surface area contributed by atoms with E-state index in [1.54, 1.807) is 13.8 Å². The van der Waals surface area contributed by atoms with Crippen molar-refractivity contribution in [2.75, 3.05) is 30.3 Å². The van der Waals surface area contributed by atoms with Crippen LogP contribution in [0.15, 0.2) is 5.16 Å². The van der Waals surface area contributed by atoms with Crippen LogP contribution in [-0.2, 0) is 9.53 Å². The van der Waals surface area contributed by atoms with E-state index >= 15 is 0 Å². The normalized spacial score (nSPS) is 11.8. The van der Waals surface area contributed by atoms with E-state index in [0.29, 0.717) is 36.7 Å². The highest BCUT2D eigenvalue weighted by Crippen LogP contribution is 2.22. The fraction of sp³-hybridized carbons (Fsp3) is 0.667. The molecule has 1 heterocycles. The first-order chi connectivity index (χ1) is 9.60. The number of anilines is 2. The third-order valence-corrected chi connectivity index (χ3v) is 3.12. The van der Waals surface area contributed by atoms with E-state index in [9.17, 15) is 4.79 Å². The van der Waals surface area contributed by atoms with Gasteiger partial charge in [0, 0.05) is 13.1 Å². The Morgan fingerprint density at radius 1 is 1.15 bits per heavy atom. The molecule has 0 saturated heterocycles. The Balaban J connectivity index is 2.84. The van der Waals surface area contributed by atoms with Crippen LogP contribution >= 0.6 is 11.8 Å². The Morgan fingerprint density at radius 3 is 2.15 bits per heavy atom. The highest BCUT2D eigenvalue weighted by molar-refractivity contribution is 8.00. The Kier molecular flexibility index (Phi) is 7.06. The van der Waals surface area contributed by atoms with Gasteiger partial charge in [-0.2, -0.15) is 15.0 Å². The van der Waals surface area contributed by atoms with Crippen LogP contribution in [0.2, 0.25) is 0 Å². The summed E-state index contributed by atoms with van der Waals surface area (Å²) in [7, 11) is 0. The molecule has 7 nitrogen and oxygen atoms in total. The van der Waals surface area contributed by atoms with Gasteiger partial charge in [-0.15, -0.1) is 0 Å². The number of aromatic nitrogens is 3. The Bertz CT molecular complexity index is 420. The molecule has 0 fully saturated rings. The van der Waals surface area contributed by atoms with Crippen LogP contribution in [-0.4, -0.2) is 45.9 Å². The van der Waals surface area contributed by atoms with Gasteiger partial charge in [0.15, 0.2) is 5.16 Å². The van der Waals surface area contributed by atoms with Crippen molar-refractivity contribution >= 4 is 29.6 Å². The lowest BCUT2D eigenvalue weighted by molar-refractivity contribution is -0.142. The lowest BCUT2D eigenvalue weighted by Crippen LogP contribution is -2.17. The van der Waals surface area contributed by atoms with E-state index in [1.807, 2.05) is 13.8 Å². The molecule has 0 aromatic carbocycles. The molecule has 1 aromatic heterocycles. The van der Waals surface area contributed by atoms with Crippen LogP contribution in [0.4, 0.5) is 11.9 Å². The first-order valence-electron chi connectivity index (χ1n) is 6.67. The molecule has 112 valence electrons. The monoisotopic (exact) mass is 299 g/mol. The maximum absolute atomic E-state index is 11.6. The van der Waals surface area contributed by atoms with E-state index in [0.717, 1.165) is 0 Å². The molecule has 1 atom stereocenters. The first-order valence-corrected chi connectivity index (χ1v) is 7.55. The lowest BCUT2D eigenvalue weighted by Gasteiger charge is -2.11. The number of ether oxygens (including phenoxy) is 1. The van der Waals surface area contributed by atoms with E-state index in [1.165, 1.54) is 11.8 Å². The third-order valence-electron chi connectivity index (χ3n) is 2.19. The summed E-state index contributed by atoms with van der Waals surface area (Å²) < 4.78 is 4.97. The zero-order valence-electron chi connectivity index (χ0n) is 12.3. The molecule has 0 spiro atoms. The van der Waals surface area contributed by atoms with Gasteiger partial charge >= 0.3 is 5.97 Å². The van der Waals surface area contributed by atoms with Gasteiger partial charge in [0.05, 0.1) is 6.61 Å². The Labute approximate surface area is 123 Å². The molecular formula is C12H21N5O2S. The van der Waals surface area contributed by atoms with Gasteiger partial charge in [0.2, 0.25) is 11.9 Å². The first kappa shape index (κ1) is 16.5. The molecule has 8 heteroatoms. The summed E-state index contributed by atoms with van der Waals surface area (Å²) in [5, 5.41) is 6.22. The number of hydrogen-bond acceptors (Lipinski definition) is 8. The highest BCUT2D eigenvalue weighted by atomic mass is 32.2. The van der Waals surface area contributed by atoms with Crippen molar-refractivity contribution in [3.63, 3.8) is 0 Å². The van der Waals surface area contributed by atoms with Gasteiger partial charge in [-0.1, -0.05) is 11.8 Å². The van der Waals surface area contributed by atoms with E-state index in [2.05, 4.69) is 25.6 Å². The fourth-order valence-electron chi connectivity index (χ4n) is 1.35. The number of hydrogen-bond donors (Lipinski definition) is 2. The standard InChI is InChI=1S/C12H21N5O2S/c1-5-13-10-15-11(14-6-2)17-12(16-10)20-8(4)9(18)19-7-3/h8H,5-7H2,1-4H3,(H2,13,14,15,16,17). The topological polar surface area (TPSA) is 89.0 Å². The van der Waals surface area contributed by atoms with E-state index < -0.39 is 0 Å². The second-order valence-corrected chi connectivity index (χ2v) is 5.15. The molecule has 1 aromatic rings. The Morgan fingerprint density at radius 2 is 1.70 bits per heavy atom. The smallest absolute Gasteiger partial charge is 0.319 e. The zero-order valence-corrected chi connectivity index (χ0v) is 13.1. The summed E-state index contributed by atoms with van der Waals surface area (Å²) in [5.74, 6) is 0.724. The predicted octanol–water partition coefficient (Wildman–Crippen LogP) is 1.78. The van der Waals surface area contributed by atoms with Gasteiger partial charge in [-0.05, 0) is 27.7 Å². The molecule has 0 aliphatic heterocycles. The second kappa shape index (κ2) is 8.57. The van der Waals surface area contributed by atoms with Crippen molar-refractivity contribution in [3.05, 3.63) is 0 Å². The van der Waals surface area contributed by atoms with Gasteiger partial charge in [-0.3, -0.25) is 4.79 Å². The molecule has 0 bridgehead atoms. The molecule has 20 heavy (non-hydrogen) atoms. The minimum absolute atomic E-state index is 0.270. The van der Waals surface area contributed by atoms with Crippen molar-refractivity contribution < 1.29 is 9.53 Å². The molecule has 0 aliphatic carbocycles. The summed E-state index contributed by atoms with van der Waals surface area (Å²) in [6.07, 6.45) is 0. The summed E-state index contributed by atoms with van der Waals surface area (Å²) in [4.78, 5) is 24.4. The average Bonchev–Trinajstić information content (AvgIpc) is 2.39. The molecule has 0 aliphatic rings. The Hall–Kier alpha value is -1.57. The van der Waals surface area contributed by atoms with Crippen LogP contribution < -0.4 is 10.6 Å². The van der Waals surface area contributed by atoms with Gasteiger partial charge in [0.1, 0.15) is 5.25 Å². The minimum Gasteiger partial charge on any atom is -0.465 e. The SMILES string of the molecule is CCNc1nc(NCC)nc(SC(C)C(=O)OCC)n1. The number of esters is 1. The quantitative estimate of drug-likeness (QED) is 0.554. The van der Waals surface area contributed by atoms with Crippen molar-refractivity contribution in [2.45, 2.75) is 38.1 Å². The fourth-order valence-corrected chi connectivity index (χ4v) is 2.11. The molecule has 0 radical (unpaired) electrons. The maximum atomic E-state index is 11.6. The summed E-state index contributed by atoms with van der Waals surface area (Å²) in [6, 6.07) is 0. The van der Waals surface area contributed by atoms with Crippen LogP contribution in [0.25, 0.3) is 0 Å². The number of carbonyl (C=O) groups excluding carboxylic acids is 1. The summed E-state index contributed by atoms with van der Waals surface area (Å²) in [6.45, 7) is 9.28. The van der Waals surface area contributed by atoms with E-state index in [-0.39, 0.29) is 11.2 Å². The van der Waals surface area contributed by atoms with Crippen LogP contribution in [0.5, 0.6) is 0 Å². The third kappa shape index (κ3) is 5.20. The summed E-state index contributed by atoms with van der Waals surface area (Å²) >= 11 is 1.25. The maximum Gasteiger partial charge on any atom is 0.319 e. The van der Waals surface area contributed by atoms with E-state index in [4.69, 9.17) is 4.74 Å².